The second kappa shape index (κ2) is 12.8. The van der Waals surface area contributed by atoms with E-state index in [2.05, 4.69) is 91.0 Å². The minimum absolute atomic E-state index is 0.271. The molecule has 0 bridgehead atoms. The topological polar surface area (TPSA) is 37.3 Å². The first-order valence-corrected chi connectivity index (χ1v) is 16.7. The van der Waals surface area contributed by atoms with Crippen LogP contribution in [0.1, 0.15) is 22.0 Å². The number of aliphatic hydroxyl groups is 1. The van der Waals surface area contributed by atoms with Gasteiger partial charge < -0.3 is 5.11 Å². The van der Waals surface area contributed by atoms with Crippen molar-refractivity contribution in [3.8, 4) is 0 Å². The maximum absolute atomic E-state index is 11.9. The standard InChI is InChI=1S/C14H12O2.3C6H5.Sn.H/c15-13(11-7-3-1-4-8-11)14(16)12-9-5-2-6-10-12;3*1-2-4-6-5-3-1;;/h1-10,13,15H;3*1-5H;;. The molecule has 0 saturated carbocycles. The first kappa shape index (κ1) is 24.6. The SMILES string of the molecule is O=C(c1ccccc1)C(O)c1ccccc1.c1cc[c]([SnH]([c]2ccccc2)[c]2ccccc2)cc1. The van der Waals surface area contributed by atoms with Crippen LogP contribution in [0.2, 0.25) is 0 Å². The van der Waals surface area contributed by atoms with Crippen molar-refractivity contribution in [1.82, 2.24) is 0 Å². The van der Waals surface area contributed by atoms with Gasteiger partial charge in [0.25, 0.3) is 0 Å². The van der Waals surface area contributed by atoms with Gasteiger partial charge in [-0.2, -0.15) is 0 Å². The van der Waals surface area contributed by atoms with E-state index in [0.29, 0.717) is 11.1 Å². The van der Waals surface area contributed by atoms with E-state index in [1.807, 2.05) is 12.1 Å². The van der Waals surface area contributed by atoms with Crippen LogP contribution in [0.25, 0.3) is 0 Å². The van der Waals surface area contributed by atoms with Crippen LogP contribution in [-0.4, -0.2) is 30.6 Å². The van der Waals surface area contributed by atoms with Crippen LogP contribution < -0.4 is 10.7 Å². The molecule has 1 atom stereocenters. The quantitative estimate of drug-likeness (QED) is 0.244. The van der Waals surface area contributed by atoms with Gasteiger partial charge in [-0.1, -0.05) is 60.7 Å². The van der Waals surface area contributed by atoms with Gasteiger partial charge in [-0.25, -0.2) is 0 Å². The predicted molar refractivity (Wildman–Crippen MR) is 148 cm³/mol. The summed E-state index contributed by atoms with van der Waals surface area (Å²) in [6, 6.07) is 50.7. The molecule has 0 aliphatic heterocycles. The van der Waals surface area contributed by atoms with Gasteiger partial charge in [0.2, 0.25) is 0 Å². The van der Waals surface area contributed by atoms with Crippen LogP contribution in [-0.2, 0) is 0 Å². The molecule has 0 aliphatic carbocycles. The Balaban J connectivity index is 0.000000168. The molecule has 1 unspecified atom stereocenters. The van der Waals surface area contributed by atoms with Crippen LogP contribution in [0.4, 0.5) is 0 Å². The molecule has 2 nitrogen and oxygen atoms in total. The Hall–Kier alpha value is -3.47. The minimum atomic E-state index is -2.14. The van der Waals surface area contributed by atoms with Crippen LogP contribution in [0.5, 0.6) is 0 Å². The van der Waals surface area contributed by atoms with E-state index in [9.17, 15) is 9.90 Å². The van der Waals surface area contributed by atoms with Crippen molar-refractivity contribution in [2.45, 2.75) is 6.10 Å². The second-order valence-corrected chi connectivity index (χ2v) is 16.4. The third-order valence-electron chi connectivity index (χ3n) is 5.82. The van der Waals surface area contributed by atoms with Crippen LogP contribution in [0.15, 0.2) is 152 Å². The Labute approximate surface area is 214 Å². The molecule has 3 heteroatoms. The summed E-state index contributed by atoms with van der Waals surface area (Å²) in [5, 5.41) is 9.89. The van der Waals surface area contributed by atoms with Gasteiger partial charge >= 0.3 is 121 Å². The van der Waals surface area contributed by atoms with E-state index in [0.717, 1.165) is 0 Å². The first-order valence-electron chi connectivity index (χ1n) is 11.7. The summed E-state index contributed by atoms with van der Waals surface area (Å²) in [5.41, 5.74) is 1.15. The number of rotatable bonds is 6. The van der Waals surface area contributed by atoms with Crippen molar-refractivity contribution in [3.05, 3.63) is 163 Å². The van der Waals surface area contributed by atoms with Crippen LogP contribution in [0, 0.1) is 0 Å². The molecule has 5 aromatic rings. The average molecular weight is 563 g/mol. The normalized spacial score (nSPS) is 11.3. The van der Waals surface area contributed by atoms with Crippen LogP contribution in [0.3, 0.4) is 0 Å². The van der Waals surface area contributed by atoms with Crippen molar-refractivity contribution >= 4 is 36.3 Å². The fraction of sp³-hybridized carbons (Fsp3) is 0.0312. The van der Waals surface area contributed by atoms with Crippen molar-refractivity contribution in [2.75, 3.05) is 0 Å². The number of aliphatic hydroxyl groups excluding tert-OH is 1. The summed E-state index contributed by atoms with van der Waals surface area (Å²) >= 11 is -2.14. The number of hydrogen-bond acceptors (Lipinski definition) is 2. The molecule has 35 heavy (non-hydrogen) atoms. The Kier molecular flexibility index (Phi) is 9.04. The van der Waals surface area contributed by atoms with Crippen molar-refractivity contribution < 1.29 is 9.90 Å². The monoisotopic (exact) mass is 564 g/mol. The maximum atomic E-state index is 11.9. The molecule has 1 N–H and O–H groups in total. The number of benzene rings is 5. The number of ketones is 1. The van der Waals surface area contributed by atoms with Crippen molar-refractivity contribution in [2.24, 2.45) is 0 Å². The van der Waals surface area contributed by atoms with Crippen molar-refractivity contribution in [3.63, 3.8) is 0 Å². The Morgan fingerprint density at radius 2 is 0.800 bits per heavy atom. The van der Waals surface area contributed by atoms with E-state index in [4.69, 9.17) is 0 Å². The summed E-state index contributed by atoms with van der Waals surface area (Å²) in [4.78, 5) is 11.9. The van der Waals surface area contributed by atoms with Gasteiger partial charge in [-0.15, -0.1) is 0 Å². The zero-order valence-corrected chi connectivity index (χ0v) is 22.7. The summed E-state index contributed by atoms with van der Waals surface area (Å²) in [6.45, 7) is 0. The van der Waals surface area contributed by atoms with Gasteiger partial charge in [-0.3, -0.25) is 4.79 Å². The molecular formula is C32H28O2Sn. The van der Waals surface area contributed by atoms with E-state index < -0.39 is 25.9 Å². The first-order chi connectivity index (χ1) is 17.2. The number of carbonyl (C=O) groups excluding carboxylic acids is 1. The summed E-state index contributed by atoms with van der Waals surface area (Å²) in [6.07, 6.45) is -1.08. The van der Waals surface area contributed by atoms with E-state index in [1.54, 1.807) is 59.3 Å². The molecule has 0 fully saturated rings. The van der Waals surface area contributed by atoms with Gasteiger partial charge in [0, 0.05) is 5.56 Å². The molecular weight excluding hydrogens is 535 g/mol. The predicted octanol–water partition coefficient (Wildman–Crippen LogP) is 4.54. The molecule has 5 rings (SSSR count). The summed E-state index contributed by atoms with van der Waals surface area (Å²) < 4.78 is 4.63. The van der Waals surface area contributed by atoms with Gasteiger partial charge in [-0.05, 0) is 5.56 Å². The molecule has 0 radical (unpaired) electrons. The van der Waals surface area contributed by atoms with Gasteiger partial charge in [0.05, 0.1) is 0 Å². The molecule has 5 aromatic carbocycles. The summed E-state index contributed by atoms with van der Waals surface area (Å²) in [5.74, 6) is -0.271. The number of Topliss-reactive ketones (excluding diaryl/α,β-unsaturated/α-hetero) is 1. The zero-order valence-electron chi connectivity index (χ0n) is 19.4. The number of hydrogen-bond donors (Lipinski definition) is 1. The van der Waals surface area contributed by atoms with Gasteiger partial charge in [0.15, 0.2) is 5.78 Å². The van der Waals surface area contributed by atoms with E-state index in [1.165, 1.54) is 0 Å². The number of carbonyl (C=O) groups is 1. The molecule has 0 amide bonds. The average Bonchev–Trinajstić information content (AvgIpc) is 2.95. The molecule has 0 aliphatic rings. The second-order valence-electron chi connectivity index (χ2n) is 8.21. The molecule has 0 heterocycles. The van der Waals surface area contributed by atoms with Crippen LogP contribution >= 0.6 is 0 Å². The summed E-state index contributed by atoms with van der Waals surface area (Å²) in [7, 11) is 0. The van der Waals surface area contributed by atoms with E-state index >= 15 is 0 Å². The molecule has 0 saturated heterocycles. The fourth-order valence-corrected chi connectivity index (χ4v) is 12.6. The third-order valence-corrected chi connectivity index (χ3v) is 14.8. The molecule has 172 valence electrons. The van der Waals surface area contributed by atoms with Gasteiger partial charge in [0.1, 0.15) is 6.10 Å². The Morgan fingerprint density at radius 3 is 1.17 bits per heavy atom. The van der Waals surface area contributed by atoms with E-state index in [-0.39, 0.29) is 5.78 Å². The zero-order chi connectivity index (χ0) is 24.3. The fourth-order valence-electron chi connectivity index (χ4n) is 4.06. The Morgan fingerprint density at radius 1 is 0.486 bits per heavy atom. The molecule has 0 spiro atoms. The molecule has 0 aromatic heterocycles. The third kappa shape index (κ3) is 6.78. The Bertz CT molecular complexity index is 1200. The van der Waals surface area contributed by atoms with Crippen molar-refractivity contribution in [1.29, 1.82) is 0 Å².